The second-order valence-corrected chi connectivity index (χ2v) is 8.07. The van der Waals surface area contributed by atoms with Crippen LogP contribution in [0.15, 0.2) is 109 Å². The highest BCUT2D eigenvalue weighted by Gasteiger charge is 2.19. The van der Waals surface area contributed by atoms with Crippen LogP contribution in [-0.2, 0) is 11.8 Å². The number of rotatable bonds is 9. The smallest absolute Gasteiger partial charge is 0.263 e. The Balaban J connectivity index is 1.77. The first-order valence-electron chi connectivity index (χ1n) is 11.2. The second kappa shape index (κ2) is 10.6. The van der Waals surface area contributed by atoms with Gasteiger partial charge in [-0.15, -0.1) is 0 Å². The first kappa shape index (κ1) is 23.6. The lowest BCUT2D eigenvalue weighted by Crippen LogP contribution is -2.26. The summed E-state index contributed by atoms with van der Waals surface area (Å²) in [5.74, 6) is 0.254. The fourth-order valence-electron chi connectivity index (χ4n) is 3.90. The molecule has 174 valence electrons. The molecule has 1 N–H and O–H groups in total. The van der Waals surface area contributed by atoms with E-state index in [0.717, 1.165) is 27.5 Å². The van der Waals surface area contributed by atoms with Crippen LogP contribution in [0.4, 0.5) is 5.95 Å². The Labute approximate surface area is 204 Å². The van der Waals surface area contributed by atoms with Crippen molar-refractivity contribution in [2.24, 2.45) is 7.05 Å². The SMILES string of the molecule is C=C/C=C(\C=C)CC(=O)CNc1nc(-c2ccncc2)c(-c2ccc3ccccc3c2)c(=O)n1C. The number of pyridine rings is 1. The standard InChI is InChI=1S/C29H26N4O2/c1-4-8-20(5-2)17-25(34)19-31-29-32-27(22-13-15-30-16-14-22)26(28(35)33(29)3)24-12-11-21-9-6-7-10-23(21)18-24/h4-16,18H,1-2,17,19H2,3H3,(H,31,32)/b20-8+. The van der Waals surface area contributed by atoms with Crippen molar-refractivity contribution in [1.82, 2.24) is 14.5 Å². The minimum Gasteiger partial charge on any atom is -0.348 e. The number of nitrogens with one attached hydrogen (secondary N) is 1. The van der Waals surface area contributed by atoms with E-state index in [2.05, 4.69) is 23.5 Å². The number of carbonyl (C=O) groups excluding carboxylic acids is 1. The van der Waals surface area contributed by atoms with Crippen LogP contribution in [0.3, 0.4) is 0 Å². The van der Waals surface area contributed by atoms with Gasteiger partial charge in [0.1, 0.15) is 0 Å². The van der Waals surface area contributed by atoms with Gasteiger partial charge in [-0.1, -0.05) is 67.8 Å². The average Bonchev–Trinajstić information content (AvgIpc) is 2.89. The molecular weight excluding hydrogens is 436 g/mol. The van der Waals surface area contributed by atoms with E-state index in [4.69, 9.17) is 4.98 Å². The molecule has 0 bridgehead atoms. The number of nitrogens with zero attached hydrogens (tertiary/aromatic N) is 3. The Morgan fingerprint density at radius 3 is 2.49 bits per heavy atom. The number of Topliss-reactive ketones (excluding diaryl/α,β-unsaturated/α-hetero) is 1. The maximum absolute atomic E-state index is 13.6. The Hall–Kier alpha value is -4.58. The van der Waals surface area contributed by atoms with Crippen LogP contribution < -0.4 is 10.9 Å². The van der Waals surface area contributed by atoms with Gasteiger partial charge in [0.25, 0.3) is 5.56 Å². The first-order chi connectivity index (χ1) is 17.0. The zero-order valence-corrected chi connectivity index (χ0v) is 19.6. The van der Waals surface area contributed by atoms with Crippen molar-refractivity contribution < 1.29 is 4.79 Å². The van der Waals surface area contributed by atoms with Crippen molar-refractivity contribution in [3.63, 3.8) is 0 Å². The third kappa shape index (κ3) is 5.17. The molecule has 0 atom stereocenters. The molecule has 2 aromatic heterocycles. The van der Waals surface area contributed by atoms with E-state index in [9.17, 15) is 9.59 Å². The highest BCUT2D eigenvalue weighted by atomic mass is 16.1. The molecule has 0 spiro atoms. The third-order valence-corrected chi connectivity index (χ3v) is 5.72. The summed E-state index contributed by atoms with van der Waals surface area (Å²) in [5, 5.41) is 5.17. The molecule has 0 saturated heterocycles. The summed E-state index contributed by atoms with van der Waals surface area (Å²) < 4.78 is 1.44. The van der Waals surface area contributed by atoms with Gasteiger partial charge in [0.15, 0.2) is 5.78 Å². The molecule has 0 radical (unpaired) electrons. The normalized spacial score (nSPS) is 11.3. The summed E-state index contributed by atoms with van der Waals surface area (Å²) in [7, 11) is 1.65. The average molecular weight is 463 g/mol. The molecule has 4 aromatic rings. The number of aromatic nitrogens is 3. The predicted molar refractivity (Wildman–Crippen MR) is 142 cm³/mol. The Kier molecular flexibility index (Phi) is 7.12. The van der Waals surface area contributed by atoms with Crippen LogP contribution in [0, 0.1) is 0 Å². The van der Waals surface area contributed by atoms with Crippen LogP contribution in [0.25, 0.3) is 33.2 Å². The molecule has 35 heavy (non-hydrogen) atoms. The number of allylic oxidation sites excluding steroid dienone is 4. The molecule has 0 saturated carbocycles. The number of benzene rings is 2. The molecule has 0 fully saturated rings. The van der Waals surface area contributed by atoms with Gasteiger partial charge in [0.05, 0.1) is 17.8 Å². The van der Waals surface area contributed by atoms with Crippen LogP contribution in [0.5, 0.6) is 0 Å². The fourth-order valence-corrected chi connectivity index (χ4v) is 3.90. The molecule has 6 heteroatoms. The fraction of sp³-hybridized carbons (Fsp3) is 0.103. The predicted octanol–water partition coefficient (Wildman–Crippen LogP) is 5.33. The van der Waals surface area contributed by atoms with E-state index < -0.39 is 0 Å². The molecule has 0 aliphatic carbocycles. The minimum absolute atomic E-state index is 0.0215. The van der Waals surface area contributed by atoms with Crippen molar-refractivity contribution in [2.45, 2.75) is 6.42 Å². The van der Waals surface area contributed by atoms with E-state index in [0.29, 0.717) is 17.2 Å². The van der Waals surface area contributed by atoms with Crippen molar-refractivity contribution in [3.8, 4) is 22.4 Å². The molecule has 4 rings (SSSR count). The zero-order valence-electron chi connectivity index (χ0n) is 19.6. The second-order valence-electron chi connectivity index (χ2n) is 8.07. The zero-order chi connectivity index (χ0) is 24.8. The van der Waals surface area contributed by atoms with Gasteiger partial charge in [-0.05, 0) is 40.1 Å². The molecule has 0 unspecified atom stereocenters. The number of ketones is 1. The van der Waals surface area contributed by atoms with Gasteiger partial charge >= 0.3 is 0 Å². The van der Waals surface area contributed by atoms with E-state index >= 15 is 0 Å². The monoisotopic (exact) mass is 462 g/mol. The van der Waals surface area contributed by atoms with E-state index in [1.165, 1.54) is 4.57 Å². The van der Waals surface area contributed by atoms with Crippen LogP contribution in [0.2, 0.25) is 0 Å². The molecule has 0 amide bonds. The van der Waals surface area contributed by atoms with Gasteiger partial charge in [-0.25, -0.2) is 4.98 Å². The van der Waals surface area contributed by atoms with Crippen molar-refractivity contribution >= 4 is 22.5 Å². The summed E-state index contributed by atoms with van der Waals surface area (Å²) in [6, 6.07) is 17.6. The van der Waals surface area contributed by atoms with Gasteiger partial charge in [-0.2, -0.15) is 0 Å². The van der Waals surface area contributed by atoms with Crippen molar-refractivity contribution in [1.29, 1.82) is 0 Å². The maximum Gasteiger partial charge on any atom is 0.263 e. The largest absolute Gasteiger partial charge is 0.348 e. The van der Waals surface area contributed by atoms with Crippen molar-refractivity contribution in [2.75, 3.05) is 11.9 Å². The molecule has 2 aromatic carbocycles. The number of hydrogen-bond donors (Lipinski definition) is 1. The highest BCUT2D eigenvalue weighted by molar-refractivity contribution is 5.90. The minimum atomic E-state index is -0.213. The van der Waals surface area contributed by atoms with Crippen LogP contribution in [0.1, 0.15) is 6.42 Å². The molecular formula is C29H26N4O2. The first-order valence-corrected chi connectivity index (χ1v) is 11.2. The van der Waals surface area contributed by atoms with Gasteiger partial charge in [-0.3, -0.25) is 19.1 Å². The summed E-state index contributed by atoms with van der Waals surface area (Å²) >= 11 is 0. The van der Waals surface area contributed by atoms with E-state index in [1.54, 1.807) is 37.7 Å². The van der Waals surface area contributed by atoms with Crippen LogP contribution in [-0.4, -0.2) is 26.9 Å². The molecule has 6 nitrogen and oxygen atoms in total. The van der Waals surface area contributed by atoms with Gasteiger partial charge < -0.3 is 5.32 Å². The van der Waals surface area contributed by atoms with Crippen molar-refractivity contribution in [3.05, 3.63) is 114 Å². The Morgan fingerprint density at radius 1 is 1.03 bits per heavy atom. The van der Waals surface area contributed by atoms with E-state index in [-0.39, 0.29) is 24.3 Å². The maximum atomic E-state index is 13.6. The quantitative estimate of drug-likeness (QED) is 0.340. The van der Waals surface area contributed by atoms with Gasteiger partial charge in [0.2, 0.25) is 5.95 Å². The number of hydrogen-bond acceptors (Lipinski definition) is 5. The summed E-state index contributed by atoms with van der Waals surface area (Å²) in [4.78, 5) is 35.0. The highest BCUT2D eigenvalue weighted by Crippen LogP contribution is 2.30. The lowest BCUT2D eigenvalue weighted by Gasteiger charge is -2.16. The van der Waals surface area contributed by atoms with Crippen LogP contribution >= 0.6 is 0 Å². The Morgan fingerprint density at radius 2 is 1.77 bits per heavy atom. The molecule has 0 aliphatic rings. The molecule has 0 aliphatic heterocycles. The number of anilines is 1. The molecule has 2 heterocycles. The Bertz CT molecular complexity index is 1500. The third-order valence-electron chi connectivity index (χ3n) is 5.72. The summed E-state index contributed by atoms with van der Waals surface area (Å²) in [5.41, 5.74) is 3.12. The lowest BCUT2D eigenvalue weighted by molar-refractivity contribution is -0.116. The van der Waals surface area contributed by atoms with E-state index in [1.807, 2.05) is 54.6 Å². The summed E-state index contributed by atoms with van der Waals surface area (Å²) in [6.45, 7) is 7.40. The number of fused-ring (bicyclic) bond motifs is 1. The number of carbonyl (C=O) groups is 1. The summed E-state index contributed by atoms with van der Waals surface area (Å²) in [6.07, 6.45) is 8.54. The topological polar surface area (TPSA) is 76.9 Å². The lowest BCUT2D eigenvalue weighted by atomic mass is 9.98. The van der Waals surface area contributed by atoms with Gasteiger partial charge in [0, 0.05) is 31.4 Å².